The first-order chi connectivity index (χ1) is 13.0. The van der Waals surface area contributed by atoms with Crippen molar-refractivity contribution in [3.8, 4) is 0 Å². The standard InChI is InChI=1S/C20H24FN3O3/c1-10-17-14(11-2-3-11)4-15(20(26)27)19(25)24(17)9-16(21)18(10)23-7-12-5-22-6-13(12)8-23/h4,9,11-14,17,22H,2-3,5-8H2,1H3,(H,26,27). The zero-order chi connectivity index (χ0) is 18.9. The molecule has 1 saturated carbocycles. The van der Waals surface area contributed by atoms with Gasteiger partial charge in [0, 0.05) is 38.3 Å². The van der Waals surface area contributed by atoms with Gasteiger partial charge in [-0.25, -0.2) is 9.18 Å². The number of amides is 1. The highest BCUT2D eigenvalue weighted by Gasteiger charge is 2.49. The molecule has 1 amide bonds. The lowest BCUT2D eigenvalue weighted by Crippen LogP contribution is -2.50. The Morgan fingerprint density at radius 2 is 1.89 bits per heavy atom. The van der Waals surface area contributed by atoms with Gasteiger partial charge in [0.05, 0.1) is 11.7 Å². The highest BCUT2D eigenvalue weighted by molar-refractivity contribution is 6.16. The van der Waals surface area contributed by atoms with Crippen molar-refractivity contribution in [3.05, 3.63) is 34.9 Å². The molecule has 5 rings (SSSR count). The first-order valence-corrected chi connectivity index (χ1v) is 9.77. The van der Waals surface area contributed by atoms with Crippen molar-refractivity contribution < 1.29 is 19.1 Å². The van der Waals surface area contributed by atoms with E-state index in [1.165, 1.54) is 11.1 Å². The summed E-state index contributed by atoms with van der Waals surface area (Å²) in [4.78, 5) is 27.7. The van der Waals surface area contributed by atoms with Crippen LogP contribution in [0.25, 0.3) is 0 Å². The minimum atomic E-state index is -1.23. The third-order valence-corrected chi connectivity index (χ3v) is 6.89. The van der Waals surface area contributed by atoms with Crippen LogP contribution in [0.15, 0.2) is 34.9 Å². The number of carboxylic acids is 1. The smallest absolute Gasteiger partial charge is 0.341 e. The number of carbonyl (C=O) groups is 2. The lowest BCUT2D eigenvalue weighted by atomic mass is 9.81. The molecule has 4 heterocycles. The molecule has 5 aliphatic rings. The number of aliphatic carboxylic acids is 1. The van der Waals surface area contributed by atoms with E-state index in [2.05, 4.69) is 10.2 Å². The van der Waals surface area contributed by atoms with E-state index < -0.39 is 17.7 Å². The van der Waals surface area contributed by atoms with Crippen LogP contribution in [0.1, 0.15) is 19.8 Å². The maximum atomic E-state index is 15.1. The Morgan fingerprint density at radius 3 is 2.48 bits per heavy atom. The van der Waals surface area contributed by atoms with Crippen LogP contribution in [0.3, 0.4) is 0 Å². The fraction of sp³-hybridized carbons (Fsp3) is 0.600. The minimum Gasteiger partial charge on any atom is -0.478 e. The number of likely N-dealkylation sites (tertiary alicyclic amines) is 1. The SMILES string of the molecule is CC1=C(N2CC3CNCC3C2)C(F)=CN2C(=O)C(C(=O)O)=CC(C3CC3)C12. The van der Waals surface area contributed by atoms with Crippen LogP contribution in [0, 0.1) is 23.7 Å². The molecular weight excluding hydrogens is 349 g/mol. The predicted molar refractivity (Wildman–Crippen MR) is 95.9 cm³/mol. The van der Waals surface area contributed by atoms with Gasteiger partial charge >= 0.3 is 5.97 Å². The average molecular weight is 373 g/mol. The maximum Gasteiger partial charge on any atom is 0.341 e. The second-order valence-electron chi connectivity index (χ2n) is 8.55. The van der Waals surface area contributed by atoms with Gasteiger partial charge < -0.3 is 20.2 Å². The number of fused-ring (bicyclic) bond motifs is 2. The van der Waals surface area contributed by atoms with Gasteiger partial charge in [0.25, 0.3) is 5.91 Å². The Labute approximate surface area is 157 Å². The van der Waals surface area contributed by atoms with E-state index in [9.17, 15) is 14.7 Å². The molecule has 4 aliphatic heterocycles. The first kappa shape index (κ1) is 17.0. The molecule has 4 unspecified atom stereocenters. The lowest BCUT2D eigenvalue weighted by Gasteiger charge is -2.43. The Bertz CT molecular complexity index is 801. The van der Waals surface area contributed by atoms with E-state index in [4.69, 9.17) is 0 Å². The molecule has 7 heteroatoms. The van der Waals surface area contributed by atoms with Crippen molar-refractivity contribution in [1.29, 1.82) is 0 Å². The topological polar surface area (TPSA) is 72.9 Å². The summed E-state index contributed by atoms with van der Waals surface area (Å²) in [6, 6.07) is -0.277. The minimum absolute atomic E-state index is 0.0584. The van der Waals surface area contributed by atoms with Crippen molar-refractivity contribution in [3.63, 3.8) is 0 Å². The van der Waals surface area contributed by atoms with Gasteiger partial charge in [-0.1, -0.05) is 6.08 Å². The van der Waals surface area contributed by atoms with Gasteiger partial charge in [-0.15, -0.1) is 0 Å². The van der Waals surface area contributed by atoms with Crippen LogP contribution in [0.4, 0.5) is 4.39 Å². The summed E-state index contributed by atoms with van der Waals surface area (Å²) in [5.41, 5.74) is 1.25. The molecule has 0 spiro atoms. The number of halogens is 1. The van der Waals surface area contributed by atoms with Gasteiger partial charge in [0.1, 0.15) is 5.57 Å². The largest absolute Gasteiger partial charge is 0.478 e. The molecule has 1 aliphatic carbocycles. The van der Waals surface area contributed by atoms with Crippen molar-refractivity contribution >= 4 is 11.9 Å². The van der Waals surface area contributed by atoms with Crippen LogP contribution in [-0.2, 0) is 9.59 Å². The molecule has 27 heavy (non-hydrogen) atoms. The third kappa shape index (κ3) is 2.55. The van der Waals surface area contributed by atoms with Crippen LogP contribution in [0.2, 0.25) is 0 Å². The summed E-state index contributed by atoms with van der Waals surface area (Å²) in [5, 5.41) is 12.8. The third-order valence-electron chi connectivity index (χ3n) is 6.89. The van der Waals surface area contributed by atoms with Crippen molar-refractivity contribution in [2.45, 2.75) is 25.8 Å². The number of rotatable bonds is 3. The first-order valence-electron chi connectivity index (χ1n) is 9.77. The molecule has 2 saturated heterocycles. The Hall–Kier alpha value is -2.15. The molecule has 144 valence electrons. The Kier molecular flexibility index (Phi) is 3.73. The monoisotopic (exact) mass is 373 g/mol. The van der Waals surface area contributed by atoms with Crippen molar-refractivity contribution in [2.24, 2.45) is 23.7 Å². The van der Waals surface area contributed by atoms with Gasteiger partial charge in [-0.05, 0) is 43.1 Å². The molecule has 0 radical (unpaired) electrons. The van der Waals surface area contributed by atoms with Gasteiger partial charge in [0.15, 0.2) is 5.83 Å². The normalized spacial score (nSPS) is 35.9. The number of nitrogens with one attached hydrogen (secondary N) is 1. The summed E-state index contributed by atoms with van der Waals surface area (Å²) in [6.07, 6.45) is 4.93. The second-order valence-corrected chi connectivity index (χ2v) is 8.55. The summed E-state index contributed by atoms with van der Waals surface area (Å²) >= 11 is 0. The van der Waals surface area contributed by atoms with Crippen LogP contribution >= 0.6 is 0 Å². The number of hydrogen-bond acceptors (Lipinski definition) is 4. The number of hydrogen-bond donors (Lipinski definition) is 2. The summed E-state index contributed by atoms with van der Waals surface area (Å²) in [6.45, 7) is 5.52. The second kappa shape index (κ2) is 5.92. The van der Waals surface area contributed by atoms with E-state index in [1.54, 1.807) is 6.08 Å². The van der Waals surface area contributed by atoms with Gasteiger partial charge in [-0.3, -0.25) is 4.79 Å². The Balaban J connectivity index is 1.54. The molecule has 6 nitrogen and oxygen atoms in total. The zero-order valence-electron chi connectivity index (χ0n) is 15.3. The lowest BCUT2D eigenvalue weighted by molar-refractivity contribution is -0.138. The maximum absolute atomic E-state index is 15.1. The number of allylic oxidation sites excluding steroid dienone is 1. The van der Waals surface area contributed by atoms with Gasteiger partial charge in [0.2, 0.25) is 0 Å². The van der Waals surface area contributed by atoms with Crippen LogP contribution in [-0.4, -0.2) is 59.0 Å². The van der Waals surface area contributed by atoms with E-state index in [-0.39, 0.29) is 17.5 Å². The molecular formula is C20H24FN3O3. The van der Waals surface area contributed by atoms with Gasteiger partial charge in [-0.2, -0.15) is 0 Å². The molecule has 0 aromatic rings. The Morgan fingerprint density at radius 1 is 1.22 bits per heavy atom. The molecule has 0 aromatic carbocycles. The molecule has 4 atom stereocenters. The van der Waals surface area contributed by atoms with Crippen molar-refractivity contribution in [1.82, 2.24) is 15.1 Å². The highest BCUT2D eigenvalue weighted by atomic mass is 19.1. The summed E-state index contributed by atoms with van der Waals surface area (Å²) in [7, 11) is 0. The summed E-state index contributed by atoms with van der Waals surface area (Å²) < 4.78 is 15.1. The summed E-state index contributed by atoms with van der Waals surface area (Å²) in [5.74, 6) is -0.870. The number of carbonyl (C=O) groups excluding carboxylic acids is 1. The van der Waals surface area contributed by atoms with E-state index in [0.717, 1.165) is 44.6 Å². The molecule has 0 aromatic heterocycles. The zero-order valence-corrected chi connectivity index (χ0v) is 15.3. The molecule has 2 N–H and O–H groups in total. The fourth-order valence-electron chi connectivity index (χ4n) is 5.43. The van der Waals surface area contributed by atoms with E-state index in [1.807, 2.05) is 6.92 Å². The van der Waals surface area contributed by atoms with E-state index in [0.29, 0.717) is 23.5 Å². The molecule has 3 fully saturated rings. The quantitative estimate of drug-likeness (QED) is 0.734. The fourth-order valence-corrected chi connectivity index (χ4v) is 5.43. The number of carboxylic acid groups (broad SMARTS) is 1. The van der Waals surface area contributed by atoms with Crippen LogP contribution < -0.4 is 5.32 Å². The molecule has 0 bridgehead atoms. The highest BCUT2D eigenvalue weighted by Crippen LogP contribution is 2.48. The van der Waals surface area contributed by atoms with Crippen LogP contribution in [0.5, 0.6) is 0 Å². The van der Waals surface area contributed by atoms with Crippen molar-refractivity contribution in [2.75, 3.05) is 26.2 Å². The van der Waals surface area contributed by atoms with E-state index >= 15 is 4.39 Å². The predicted octanol–water partition coefficient (Wildman–Crippen LogP) is 1.48. The number of nitrogens with zero attached hydrogens (tertiary/aromatic N) is 2. The average Bonchev–Trinajstić information content (AvgIpc) is 3.24.